The average Bonchev–Trinajstić information content (AvgIpc) is 1.79. The van der Waals surface area contributed by atoms with Gasteiger partial charge in [-0.2, -0.15) is 8.42 Å². The molecule has 0 aromatic heterocycles. The van der Waals surface area contributed by atoms with E-state index in [0.717, 1.165) is 0 Å². The Balaban J connectivity index is 0. The number of amides is 1. The quantitative estimate of drug-likeness (QED) is 0.356. The zero-order valence-corrected chi connectivity index (χ0v) is 9.58. The summed E-state index contributed by atoms with van der Waals surface area (Å²) in [6.07, 6.45) is -0.999. The maximum Gasteiger partial charge on any atom is 1.00 e. The third-order valence-corrected chi connectivity index (χ3v) is 2.09. The second kappa shape index (κ2) is 5.55. The van der Waals surface area contributed by atoms with E-state index in [9.17, 15) is 23.1 Å². The molecule has 0 spiro atoms. The van der Waals surface area contributed by atoms with Gasteiger partial charge in [0.2, 0.25) is 5.91 Å². The summed E-state index contributed by atoms with van der Waals surface area (Å²) in [5.41, 5.74) is 4.52. The standard InChI is InChI=1S/C4H7NO6S.Na/c5-3(6)1-2(4(7)8)12(9,10)11;/h2H,1H2,(H2,5,6)(H,7,8)(H,9,10,11);/q;+1/p-1. The number of primary amides is 1. The molecule has 1 amide bonds. The van der Waals surface area contributed by atoms with Crippen LogP contribution in [0.15, 0.2) is 0 Å². The van der Waals surface area contributed by atoms with Gasteiger partial charge in [0.05, 0.1) is 12.4 Å². The molecule has 0 saturated heterocycles. The summed E-state index contributed by atoms with van der Waals surface area (Å²) in [5.74, 6) is -3.21. The molecule has 9 heteroatoms. The fourth-order valence-electron chi connectivity index (χ4n) is 0.493. The number of aliphatic carboxylic acids is 1. The van der Waals surface area contributed by atoms with Gasteiger partial charge >= 0.3 is 29.6 Å². The number of rotatable bonds is 4. The first-order chi connectivity index (χ1) is 5.25. The number of carbonyl (C=O) groups excluding carboxylic acids is 2. The minimum absolute atomic E-state index is 0. The van der Waals surface area contributed by atoms with Crippen molar-refractivity contribution < 1.29 is 57.2 Å². The average molecular weight is 219 g/mol. The van der Waals surface area contributed by atoms with Gasteiger partial charge in [0.15, 0.2) is 0 Å². The zero-order chi connectivity index (χ0) is 9.94. The number of carboxylic acid groups (broad SMARTS) is 1. The van der Waals surface area contributed by atoms with E-state index in [2.05, 4.69) is 5.73 Å². The summed E-state index contributed by atoms with van der Waals surface area (Å²) in [4.78, 5) is 20.1. The summed E-state index contributed by atoms with van der Waals surface area (Å²) in [6, 6.07) is 0. The maximum atomic E-state index is 10.2. The molecule has 0 bridgehead atoms. The molecule has 0 aromatic rings. The van der Waals surface area contributed by atoms with Gasteiger partial charge in [0.1, 0.15) is 5.25 Å². The second-order valence-electron chi connectivity index (χ2n) is 1.99. The predicted octanol–water partition coefficient (Wildman–Crippen LogP) is -6.13. The molecule has 0 heterocycles. The molecule has 0 rings (SSSR count). The Hall–Kier alpha value is -0.150. The van der Waals surface area contributed by atoms with Gasteiger partial charge in [-0.05, 0) is 0 Å². The van der Waals surface area contributed by atoms with Crippen molar-refractivity contribution in [2.24, 2.45) is 5.73 Å². The van der Waals surface area contributed by atoms with Crippen molar-refractivity contribution in [2.75, 3.05) is 0 Å². The number of hydrogen-bond donors (Lipinski definition) is 2. The van der Waals surface area contributed by atoms with Crippen molar-refractivity contribution in [2.45, 2.75) is 11.7 Å². The molecule has 0 fully saturated rings. The van der Waals surface area contributed by atoms with E-state index in [4.69, 9.17) is 4.55 Å². The fraction of sp³-hybridized carbons (Fsp3) is 0.500. The fourth-order valence-corrected chi connectivity index (χ4v) is 1.11. The molecule has 13 heavy (non-hydrogen) atoms. The van der Waals surface area contributed by atoms with Crippen LogP contribution < -0.4 is 40.4 Å². The van der Waals surface area contributed by atoms with E-state index in [0.29, 0.717) is 0 Å². The number of hydrogen-bond acceptors (Lipinski definition) is 5. The Kier molecular flexibility index (Phi) is 6.55. The van der Waals surface area contributed by atoms with E-state index >= 15 is 0 Å². The van der Waals surface area contributed by atoms with Crippen LogP contribution in [0.3, 0.4) is 0 Å². The molecule has 0 saturated carbocycles. The molecular formula is C4H6NNaO6S. The van der Waals surface area contributed by atoms with E-state index in [-0.39, 0.29) is 29.6 Å². The summed E-state index contributed by atoms with van der Waals surface area (Å²) >= 11 is 0. The van der Waals surface area contributed by atoms with Crippen LogP contribution in [0.2, 0.25) is 0 Å². The third-order valence-electron chi connectivity index (χ3n) is 1.01. The van der Waals surface area contributed by atoms with Crippen molar-refractivity contribution >= 4 is 22.0 Å². The summed E-state index contributed by atoms with van der Waals surface area (Å²) in [6.45, 7) is 0. The van der Waals surface area contributed by atoms with Gasteiger partial charge in [-0.1, -0.05) is 0 Å². The molecule has 1 atom stereocenters. The molecule has 0 aromatic carbocycles. The van der Waals surface area contributed by atoms with Crippen LogP contribution in [0, 0.1) is 0 Å². The molecule has 70 valence electrons. The topological polar surface area (TPSA) is 138 Å². The van der Waals surface area contributed by atoms with Crippen molar-refractivity contribution in [3.8, 4) is 0 Å². The van der Waals surface area contributed by atoms with Gasteiger partial charge < -0.3 is 15.6 Å². The largest absolute Gasteiger partial charge is 1.00 e. The summed E-state index contributed by atoms with van der Waals surface area (Å²) in [7, 11) is -4.82. The minimum Gasteiger partial charge on any atom is -0.549 e. The van der Waals surface area contributed by atoms with E-state index in [1.54, 1.807) is 0 Å². The second-order valence-corrected chi connectivity index (χ2v) is 3.59. The first-order valence-electron chi connectivity index (χ1n) is 2.70. The van der Waals surface area contributed by atoms with Crippen molar-refractivity contribution in [3.05, 3.63) is 0 Å². The van der Waals surface area contributed by atoms with Crippen LogP contribution in [0.4, 0.5) is 0 Å². The molecule has 0 aliphatic carbocycles. The van der Waals surface area contributed by atoms with Crippen molar-refractivity contribution in [1.29, 1.82) is 0 Å². The van der Waals surface area contributed by atoms with Gasteiger partial charge in [-0.3, -0.25) is 9.35 Å². The first-order valence-corrected chi connectivity index (χ1v) is 4.21. The summed E-state index contributed by atoms with van der Waals surface area (Å²) < 4.78 is 28.7. The predicted molar refractivity (Wildman–Crippen MR) is 34.2 cm³/mol. The normalized spacial score (nSPS) is 12.7. The monoisotopic (exact) mass is 219 g/mol. The van der Waals surface area contributed by atoms with Gasteiger partial charge in [0.25, 0.3) is 10.1 Å². The van der Waals surface area contributed by atoms with E-state index in [1.165, 1.54) is 0 Å². The molecule has 0 radical (unpaired) electrons. The maximum absolute atomic E-state index is 10.2. The SMILES string of the molecule is NC(=O)CC(C(=O)[O-])S(=O)(=O)O.[Na+]. The van der Waals surface area contributed by atoms with E-state index < -0.39 is 33.7 Å². The van der Waals surface area contributed by atoms with Crippen LogP contribution in [0.25, 0.3) is 0 Å². The van der Waals surface area contributed by atoms with Gasteiger partial charge in [-0.15, -0.1) is 0 Å². The molecule has 0 aliphatic rings. The molecule has 1 unspecified atom stereocenters. The molecule has 3 N–H and O–H groups in total. The van der Waals surface area contributed by atoms with Gasteiger partial charge in [-0.25, -0.2) is 0 Å². The molecule has 0 aliphatic heterocycles. The van der Waals surface area contributed by atoms with Crippen LogP contribution in [0.1, 0.15) is 6.42 Å². The number of carbonyl (C=O) groups is 2. The van der Waals surface area contributed by atoms with Gasteiger partial charge in [0, 0.05) is 0 Å². The van der Waals surface area contributed by atoms with Crippen molar-refractivity contribution in [1.82, 2.24) is 0 Å². The summed E-state index contributed by atoms with van der Waals surface area (Å²) in [5, 5.41) is 7.74. The third kappa shape index (κ3) is 5.99. The van der Waals surface area contributed by atoms with Crippen LogP contribution in [0.5, 0.6) is 0 Å². The molecule has 7 nitrogen and oxygen atoms in total. The van der Waals surface area contributed by atoms with Crippen molar-refractivity contribution in [3.63, 3.8) is 0 Å². The number of nitrogens with two attached hydrogens (primary N) is 1. The minimum atomic E-state index is -4.82. The first kappa shape index (κ1) is 15.3. The Morgan fingerprint density at radius 2 is 1.85 bits per heavy atom. The molecular weight excluding hydrogens is 213 g/mol. The number of carboxylic acids is 1. The zero-order valence-electron chi connectivity index (χ0n) is 6.76. The Morgan fingerprint density at radius 3 is 1.92 bits per heavy atom. The van der Waals surface area contributed by atoms with Crippen LogP contribution in [-0.2, 0) is 19.7 Å². The van der Waals surface area contributed by atoms with Crippen LogP contribution in [-0.4, -0.2) is 30.1 Å². The smallest absolute Gasteiger partial charge is 0.549 e. The van der Waals surface area contributed by atoms with Crippen LogP contribution >= 0.6 is 0 Å². The Labute approximate surface area is 96.3 Å². The Bertz CT molecular complexity index is 298. The van der Waals surface area contributed by atoms with E-state index in [1.807, 2.05) is 0 Å². The Morgan fingerprint density at radius 1 is 1.46 bits per heavy atom.